The van der Waals surface area contributed by atoms with Crippen molar-refractivity contribution < 1.29 is 19.4 Å². The van der Waals surface area contributed by atoms with Crippen molar-refractivity contribution in [2.75, 3.05) is 5.32 Å². The predicted octanol–water partition coefficient (Wildman–Crippen LogP) is 5.91. The maximum Gasteiger partial charge on any atom is 0.326 e. The summed E-state index contributed by atoms with van der Waals surface area (Å²) in [5, 5.41) is 12.9. The zero-order chi connectivity index (χ0) is 24.6. The first kappa shape index (κ1) is 23.8. The molecule has 35 heavy (non-hydrogen) atoms. The Labute approximate surface area is 205 Å². The van der Waals surface area contributed by atoms with E-state index in [0.717, 1.165) is 16.9 Å². The molecular weight excluding hydrogens is 438 g/mol. The van der Waals surface area contributed by atoms with E-state index in [1.54, 1.807) is 48.5 Å². The third kappa shape index (κ3) is 6.15. The first-order valence-corrected chi connectivity index (χ1v) is 11.5. The van der Waals surface area contributed by atoms with Gasteiger partial charge < -0.3 is 15.2 Å². The molecule has 5 heteroatoms. The summed E-state index contributed by atoms with van der Waals surface area (Å²) in [6, 6.07) is 30.5. The Bertz CT molecular complexity index is 1300. The number of carbonyl (C=O) groups excluding carboxylic acids is 1. The highest BCUT2D eigenvalue weighted by Crippen LogP contribution is 2.22. The van der Waals surface area contributed by atoms with Crippen molar-refractivity contribution in [3.05, 3.63) is 131 Å². The zero-order valence-electron chi connectivity index (χ0n) is 19.5. The number of aliphatic carboxylic acids is 1. The Morgan fingerprint density at radius 3 is 2.20 bits per heavy atom. The molecule has 4 aromatic rings. The standard InChI is InChI=1S/C30H27NO4/c1-21-9-5-6-12-24(21)20-35-25-17-15-22(16-18-25)19-28(30(33)34)31-27-14-8-7-13-26(27)29(32)23-10-3-2-4-11-23/h2-18,28,31H,19-20H2,1H3,(H,33,34). The van der Waals surface area contributed by atoms with Gasteiger partial charge in [0.25, 0.3) is 0 Å². The number of benzene rings is 4. The van der Waals surface area contributed by atoms with Gasteiger partial charge in [0, 0.05) is 23.2 Å². The quantitative estimate of drug-likeness (QED) is 0.285. The molecule has 2 N–H and O–H groups in total. The SMILES string of the molecule is Cc1ccccc1COc1ccc(CC(Nc2ccccc2C(=O)c2ccccc2)C(=O)O)cc1. The fraction of sp³-hybridized carbons (Fsp3) is 0.133. The Balaban J connectivity index is 1.44. The van der Waals surface area contributed by atoms with Gasteiger partial charge in [-0.25, -0.2) is 4.79 Å². The van der Waals surface area contributed by atoms with Crippen LogP contribution in [0.15, 0.2) is 103 Å². The van der Waals surface area contributed by atoms with Gasteiger partial charge in [-0.2, -0.15) is 0 Å². The Morgan fingerprint density at radius 1 is 0.829 bits per heavy atom. The lowest BCUT2D eigenvalue weighted by atomic mass is 10.00. The lowest BCUT2D eigenvalue weighted by Gasteiger charge is -2.18. The van der Waals surface area contributed by atoms with Gasteiger partial charge in [0.1, 0.15) is 18.4 Å². The molecule has 0 aliphatic rings. The average Bonchev–Trinajstić information content (AvgIpc) is 2.89. The number of anilines is 1. The van der Waals surface area contributed by atoms with Crippen LogP contribution < -0.4 is 10.1 Å². The van der Waals surface area contributed by atoms with E-state index in [-0.39, 0.29) is 12.2 Å². The van der Waals surface area contributed by atoms with Gasteiger partial charge in [0.05, 0.1) is 0 Å². The molecule has 0 heterocycles. The summed E-state index contributed by atoms with van der Waals surface area (Å²) in [6.45, 7) is 2.52. The highest BCUT2D eigenvalue weighted by atomic mass is 16.5. The van der Waals surface area contributed by atoms with E-state index in [9.17, 15) is 14.7 Å². The zero-order valence-corrected chi connectivity index (χ0v) is 19.5. The van der Waals surface area contributed by atoms with Gasteiger partial charge in [-0.05, 0) is 47.9 Å². The summed E-state index contributed by atoms with van der Waals surface area (Å²) in [5.41, 5.74) is 4.62. The number of hydrogen-bond acceptors (Lipinski definition) is 4. The minimum atomic E-state index is -0.994. The summed E-state index contributed by atoms with van der Waals surface area (Å²) in [4.78, 5) is 25.0. The Kier molecular flexibility index (Phi) is 7.58. The number of carboxylic acid groups (broad SMARTS) is 1. The van der Waals surface area contributed by atoms with Crippen molar-refractivity contribution in [2.24, 2.45) is 0 Å². The maximum absolute atomic E-state index is 13.0. The highest BCUT2D eigenvalue weighted by Gasteiger charge is 2.21. The van der Waals surface area contributed by atoms with E-state index < -0.39 is 12.0 Å². The summed E-state index contributed by atoms with van der Waals surface area (Å²) in [6.07, 6.45) is 0.251. The number of para-hydroxylation sites is 1. The lowest BCUT2D eigenvalue weighted by Crippen LogP contribution is -2.32. The maximum atomic E-state index is 13.0. The summed E-state index contributed by atoms with van der Waals surface area (Å²) in [5.74, 6) is -0.435. The topological polar surface area (TPSA) is 75.6 Å². The van der Waals surface area contributed by atoms with E-state index in [1.807, 2.05) is 61.5 Å². The third-order valence-electron chi connectivity index (χ3n) is 5.85. The second-order valence-corrected chi connectivity index (χ2v) is 8.34. The second kappa shape index (κ2) is 11.2. The number of carboxylic acids is 1. The molecule has 4 rings (SSSR count). The fourth-order valence-corrected chi connectivity index (χ4v) is 3.83. The van der Waals surface area contributed by atoms with E-state index in [2.05, 4.69) is 5.32 Å². The Hall–Kier alpha value is -4.38. The van der Waals surface area contributed by atoms with Crippen LogP contribution in [0.2, 0.25) is 0 Å². The van der Waals surface area contributed by atoms with Gasteiger partial charge in [-0.1, -0.05) is 78.9 Å². The smallest absolute Gasteiger partial charge is 0.326 e. The minimum absolute atomic E-state index is 0.159. The molecule has 4 aromatic carbocycles. The highest BCUT2D eigenvalue weighted by molar-refractivity contribution is 6.12. The van der Waals surface area contributed by atoms with Crippen molar-refractivity contribution >= 4 is 17.4 Å². The average molecular weight is 466 g/mol. The molecule has 0 amide bonds. The number of aryl methyl sites for hydroxylation is 1. The molecule has 0 bridgehead atoms. The van der Waals surface area contributed by atoms with Crippen LogP contribution in [0, 0.1) is 6.92 Å². The van der Waals surface area contributed by atoms with Crippen LogP contribution in [-0.4, -0.2) is 22.9 Å². The van der Waals surface area contributed by atoms with Crippen LogP contribution in [0.25, 0.3) is 0 Å². The number of ketones is 1. The number of carbonyl (C=O) groups is 2. The molecule has 0 saturated carbocycles. The van der Waals surface area contributed by atoms with E-state index in [0.29, 0.717) is 23.4 Å². The number of nitrogens with one attached hydrogen (secondary N) is 1. The molecule has 1 atom stereocenters. The molecule has 0 aromatic heterocycles. The minimum Gasteiger partial charge on any atom is -0.489 e. The molecule has 176 valence electrons. The first-order chi connectivity index (χ1) is 17.0. The van der Waals surface area contributed by atoms with Crippen molar-refractivity contribution in [3.63, 3.8) is 0 Å². The predicted molar refractivity (Wildman–Crippen MR) is 137 cm³/mol. The van der Waals surface area contributed by atoms with Gasteiger partial charge in [0.15, 0.2) is 5.78 Å². The molecule has 5 nitrogen and oxygen atoms in total. The second-order valence-electron chi connectivity index (χ2n) is 8.34. The first-order valence-electron chi connectivity index (χ1n) is 11.5. The monoisotopic (exact) mass is 465 g/mol. The van der Waals surface area contributed by atoms with Crippen molar-refractivity contribution in [1.82, 2.24) is 0 Å². The van der Waals surface area contributed by atoms with Gasteiger partial charge in [-0.3, -0.25) is 4.79 Å². The fourth-order valence-electron chi connectivity index (χ4n) is 3.83. The molecule has 0 aliphatic carbocycles. The van der Waals surface area contributed by atoms with Gasteiger partial charge in [-0.15, -0.1) is 0 Å². The van der Waals surface area contributed by atoms with Crippen LogP contribution in [0.1, 0.15) is 32.6 Å². The number of hydrogen-bond donors (Lipinski definition) is 2. The number of rotatable bonds is 10. The van der Waals surface area contributed by atoms with Crippen LogP contribution in [-0.2, 0) is 17.8 Å². The molecular formula is C30H27NO4. The Morgan fingerprint density at radius 2 is 1.49 bits per heavy atom. The van der Waals surface area contributed by atoms with E-state index >= 15 is 0 Å². The normalized spacial score (nSPS) is 11.5. The molecule has 1 unspecified atom stereocenters. The van der Waals surface area contributed by atoms with Crippen LogP contribution in [0.4, 0.5) is 5.69 Å². The van der Waals surface area contributed by atoms with Crippen molar-refractivity contribution in [3.8, 4) is 5.75 Å². The van der Waals surface area contributed by atoms with E-state index in [1.165, 1.54) is 5.56 Å². The molecule has 0 fully saturated rings. The summed E-state index contributed by atoms with van der Waals surface area (Å²) < 4.78 is 5.89. The van der Waals surface area contributed by atoms with Crippen molar-refractivity contribution in [1.29, 1.82) is 0 Å². The largest absolute Gasteiger partial charge is 0.489 e. The third-order valence-corrected chi connectivity index (χ3v) is 5.85. The molecule has 0 aliphatic heterocycles. The van der Waals surface area contributed by atoms with Gasteiger partial charge in [0.2, 0.25) is 0 Å². The number of ether oxygens (including phenoxy) is 1. The van der Waals surface area contributed by atoms with E-state index in [4.69, 9.17) is 4.74 Å². The summed E-state index contributed by atoms with van der Waals surface area (Å²) in [7, 11) is 0. The van der Waals surface area contributed by atoms with Crippen LogP contribution in [0.3, 0.4) is 0 Å². The van der Waals surface area contributed by atoms with Crippen LogP contribution >= 0.6 is 0 Å². The van der Waals surface area contributed by atoms with Crippen LogP contribution in [0.5, 0.6) is 5.75 Å². The molecule has 0 saturated heterocycles. The van der Waals surface area contributed by atoms with Crippen molar-refractivity contribution in [2.45, 2.75) is 26.0 Å². The molecule has 0 spiro atoms. The van der Waals surface area contributed by atoms with Gasteiger partial charge >= 0.3 is 5.97 Å². The summed E-state index contributed by atoms with van der Waals surface area (Å²) >= 11 is 0. The lowest BCUT2D eigenvalue weighted by molar-refractivity contribution is -0.137. The molecule has 0 radical (unpaired) electrons.